The normalized spacial score (nSPS) is 11.3. The molecule has 0 aliphatic carbocycles. The zero-order chi connectivity index (χ0) is 17.4. The molecule has 0 bridgehead atoms. The van der Waals surface area contributed by atoms with E-state index in [1.54, 1.807) is 31.0 Å². The molecule has 5 nitrogen and oxygen atoms in total. The molecule has 0 aliphatic rings. The molecule has 0 saturated heterocycles. The summed E-state index contributed by atoms with van der Waals surface area (Å²) in [5.41, 5.74) is 2.60. The fourth-order valence-electron chi connectivity index (χ4n) is 2.75. The van der Waals surface area contributed by atoms with Gasteiger partial charge in [-0.15, -0.1) is 0 Å². The fourth-order valence-corrected chi connectivity index (χ4v) is 3.20. The van der Waals surface area contributed by atoms with Crippen molar-refractivity contribution in [3.8, 4) is 11.4 Å². The van der Waals surface area contributed by atoms with E-state index in [-0.39, 0.29) is 5.82 Å². The number of pyridine rings is 1. The van der Waals surface area contributed by atoms with Crippen molar-refractivity contribution in [2.24, 2.45) is 0 Å². The summed E-state index contributed by atoms with van der Waals surface area (Å²) in [5, 5.41) is 0. The minimum Gasteiger partial charge on any atom is -0.333 e. The molecule has 0 N–H and O–H groups in total. The minimum absolute atomic E-state index is 0.366. The van der Waals surface area contributed by atoms with E-state index in [0.29, 0.717) is 32.5 Å². The third kappa shape index (κ3) is 3.01. The monoisotopic (exact) mass is 451 g/mol. The van der Waals surface area contributed by atoms with Crippen LogP contribution in [0.5, 0.6) is 0 Å². The van der Waals surface area contributed by atoms with Gasteiger partial charge in [0.05, 0.1) is 27.5 Å². The van der Waals surface area contributed by atoms with Crippen LogP contribution in [0.2, 0.25) is 0 Å². The molecule has 8 heteroatoms. The Bertz CT molecular complexity index is 1040. The first-order valence-electron chi connectivity index (χ1n) is 7.47. The molecule has 126 valence electrons. The summed E-state index contributed by atoms with van der Waals surface area (Å²) < 4.78 is 31.2. The van der Waals surface area contributed by atoms with Gasteiger partial charge in [0.2, 0.25) is 0 Å². The van der Waals surface area contributed by atoms with E-state index >= 15 is 0 Å². The Morgan fingerprint density at radius 3 is 2.76 bits per heavy atom. The summed E-state index contributed by atoms with van der Waals surface area (Å²) >= 11 is 1.89. The molecule has 1 aromatic carbocycles. The van der Waals surface area contributed by atoms with Gasteiger partial charge in [-0.25, -0.2) is 18.7 Å². The van der Waals surface area contributed by atoms with Crippen LogP contribution in [0, 0.1) is 9.39 Å². The van der Waals surface area contributed by atoms with Gasteiger partial charge in [0.1, 0.15) is 11.6 Å². The number of aromatic nitrogens is 5. The van der Waals surface area contributed by atoms with E-state index in [0.717, 1.165) is 5.56 Å². The zero-order valence-corrected chi connectivity index (χ0v) is 15.1. The summed E-state index contributed by atoms with van der Waals surface area (Å²) in [7, 11) is 0. The summed E-state index contributed by atoms with van der Waals surface area (Å²) in [5.74, 6) is 0.0639. The van der Waals surface area contributed by atoms with E-state index < -0.39 is 6.80 Å². The van der Waals surface area contributed by atoms with E-state index in [1.807, 2.05) is 39.4 Å². The van der Waals surface area contributed by atoms with E-state index in [2.05, 4.69) is 15.0 Å². The maximum atomic E-state index is 13.8. The molecular formula is C17H12F2IN5. The van der Waals surface area contributed by atoms with Gasteiger partial charge in [-0.1, -0.05) is 0 Å². The molecule has 0 radical (unpaired) electrons. The van der Waals surface area contributed by atoms with Gasteiger partial charge in [0.15, 0.2) is 6.80 Å². The van der Waals surface area contributed by atoms with Crippen LogP contribution >= 0.6 is 22.6 Å². The van der Waals surface area contributed by atoms with Gasteiger partial charge in [-0.3, -0.25) is 9.55 Å². The van der Waals surface area contributed by atoms with Crippen LogP contribution in [-0.2, 0) is 13.3 Å². The van der Waals surface area contributed by atoms with Crippen molar-refractivity contribution in [1.29, 1.82) is 0 Å². The number of benzene rings is 1. The Hall–Kier alpha value is -2.36. The van der Waals surface area contributed by atoms with Gasteiger partial charge < -0.3 is 4.57 Å². The topological polar surface area (TPSA) is 48.5 Å². The van der Waals surface area contributed by atoms with Crippen LogP contribution in [-0.4, -0.2) is 24.1 Å². The van der Waals surface area contributed by atoms with Gasteiger partial charge in [0, 0.05) is 36.4 Å². The Balaban J connectivity index is 1.81. The van der Waals surface area contributed by atoms with Gasteiger partial charge in [0.25, 0.3) is 0 Å². The third-order valence-electron chi connectivity index (χ3n) is 3.89. The molecule has 4 aromatic rings. The Kier molecular flexibility index (Phi) is 4.20. The smallest absolute Gasteiger partial charge is 0.167 e. The van der Waals surface area contributed by atoms with E-state index in [4.69, 9.17) is 0 Å². The van der Waals surface area contributed by atoms with Crippen LogP contribution in [0.3, 0.4) is 0 Å². The molecule has 0 spiro atoms. The van der Waals surface area contributed by atoms with Crippen molar-refractivity contribution < 1.29 is 8.78 Å². The predicted octanol–water partition coefficient (Wildman–Crippen LogP) is 4.01. The van der Waals surface area contributed by atoms with E-state index in [9.17, 15) is 8.78 Å². The van der Waals surface area contributed by atoms with Crippen LogP contribution in [0.1, 0.15) is 5.56 Å². The number of fused-ring (bicyclic) bond motifs is 1. The molecule has 0 aliphatic heterocycles. The molecular weight excluding hydrogens is 439 g/mol. The maximum absolute atomic E-state index is 13.8. The number of rotatable bonds is 4. The summed E-state index contributed by atoms with van der Waals surface area (Å²) in [4.78, 5) is 12.7. The molecule has 0 atom stereocenters. The second-order valence-electron chi connectivity index (χ2n) is 5.55. The lowest BCUT2D eigenvalue weighted by Crippen LogP contribution is -2.00. The highest BCUT2D eigenvalue weighted by atomic mass is 127. The highest BCUT2D eigenvalue weighted by molar-refractivity contribution is 14.1. The van der Waals surface area contributed by atoms with Crippen molar-refractivity contribution >= 4 is 33.6 Å². The average molecular weight is 451 g/mol. The third-order valence-corrected chi connectivity index (χ3v) is 4.71. The first-order valence-corrected chi connectivity index (χ1v) is 8.55. The molecule has 3 heterocycles. The number of nitrogens with zero attached hydrogens (tertiary/aromatic N) is 5. The van der Waals surface area contributed by atoms with Gasteiger partial charge in [-0.2, -0.15) is 0 Å². The SMILES string of the molecule is FCn1c(-c2cncc(Cn3ccnc3)c2)nc2cc(F)c(I)cc21. The molecule has 25 heavy (non-hydrogen) atoms. The van der Waals surface area contributed by atoms with Crippen molar-refractivity contribution in [1.82, 2.24) is 24.1 Å². The van der Waals surface area contributed by atoms with Crippen LogP contribution in [0.15, 0.2) is 49.3 Å². The van der Waals surface area contributed by atoms with Crippen LogP contribution < -0.4 is 0 Å². The number of alkyl halides is 1. The lowest BCUT2D eigenvalue weighted by molar-refractivity contribution is 0.387. The Morgan fingerprint density at radius 1 is 1.12 bits per heavy atom. The Morgan fingerprint density at radius 2 is 2.00 bits per heavy atom. The summed E-state index contributed by atoms with van der Waals surface area (Å²) in [6.45, 7) is -0.150. The highest BCUT2D eigenvalue weighted by Gasteiger charge is 2.15. The minimum atomic E-state index is -0.751. The van der Waals surface area contributed by atoms with Crippen molar-refractivity contribution in [3.63, 3.8) is 0 Å². The van der Waals surface area contributed by atoms with Crippen molar-refractivity contribution in [2.45, 2.75) is 13.3 Å². The lowest BCUT2D eigenvalue weighted by Gasteiger charge is -2.07. The predicted molar refractivity (Wildman–Crippen MR) is 98.1 cm³/mol. The number of imidazole rings is 2. The van der Waals surface area contributed by atoms with Gasteiger partial charge >= 0.3 is 0 Å². The fraction of sp³-hybridized carbons (Fsp3) is 0.118. The van der Waals surface area contributed by atoms with Gasteiger partial charge in [-0.05, 0) is 40.3 Å². The Labute approximate surface area is 155 Å². The number of hydrogen-bond donors (Lipinski definition) is 0. The maximum Gasteiger partial charge on any atom is 0.167 e. The molecule has 0 unspecified atom stereocenters. The molecule has 0 saturated carbocycles. The van der Waals surface area contributed by atoms with Crippen LogP contribution in [0.4, 0.5) is 8.78 Å². The second kappa shape index (κ2) is 6.51. The molecule has 4 rings (SSSR count). The molecule has 0 fully saturated rings. The first-order chi connectivity index (χ1) is 12.2. The zero-order valence-electron chi connectivity index (χ0n) is 12.9. The number of hydrogen-bond acceptors (Lipinski definition) is 3. The van der Waals surface area contributed by atoms with E-state index in [1.165, 1.54) is 10.6 Å². The van der Waals surface area contributed by atoms with Crippen LogP contribution in [0.25, 0.3) is 22.4 Å². The second-order valence-corrected chi connectivity index (χ2v) is 6.72. The average Bonchev–Trinajstić information content (AvgIpc) is 3.23. The quantitative estimate of drug-likeness (QED) is 0.441. The van der Waals surface area contributed by atoms with Crippen molar-refractivity contribution in [3.05, 3.63) is 64.3 Å². The summed E-state index contributed by atoms with van der Waals surface area (Å²) in [6.07, 6.45) is 8.65. The molecule has 0 amide bonds. The lowest BCUT2D eigenvalue weighted by atomic mass is 10.2. The van der Waals surface area contributed by atoms with Crippen molar-refractivity contribution in [2.75, 3.05) is 0 Å². The largest absolute Gasteiger partial charge is 0.333 e. The standard InChI is InChI=1S/C17H12F2IN5/c18-9-25-16-5-14(20)13(19)4-15(16)23-17(25)12-3-11(6-22-7-12)8-24-2-1-21-10-24/h1-7,10H,8-9H2. The molecule has 3 aromatic heterocycles. The first kappa shape index (κ1) is 16.1. The number of halogens is 3. The summed E-state index contributed by atoms with van der Waals surface area (Å²) in [6, 6.07) is 4.83. The highest BCUT2D eigenvalue weighted by Crippen LogP contribution is 2.27.